The standard InChI is InChI=1S/C12H13N7O2/c1-20-7-4-3-6(11(17-7)21-2)16-12-18-9(13)8-10(19-12)15-5-14-8/h3-5H,1-2H3,(H4,13,14,15,16,18,19). The van der Waals surface area contributed by atoms with Crippen molar-refractivity contribution in [3.8, 4) is 11.8 Å². The second-order valence-corrected chi connectivity index (χ2v) is 4.07. The maximum atomic E-state index is 5.84. The van der Waals surface area contributed by atoms with Crippen LogP contribution in [0.5, 0.6) is 11.8 Å². The van der Waals surface area contributed by atoms with Crippen LogP contribution in [0.2, 0.25) is 0 Å². The SMILES string of the molecule is COc1ccc(Nc2nc(N)c3[nH]cnc3n2)c(OC)n1. The highest BCUT2D eigenvalue weighted by Crippen LogP contribution is 2.27. The Bertz CT molecular complexity index is 786. The summed E-state index contributed by atoms with van der Waals surface area (Å²) in [5.41, 5.74) is 7.51. The van der Waals surface area contributed by atoms with Crippen LogP contribution in [-0.2, 0) is 0 Å². The first-order valence-electron chi connectivity index (χ1n) is 6.04. The number of hydrogen-bond donors (Lipinski definition) is 3. The summed E-state index contributed by atoms with van der Waals surface area (Å²) in [7, 11) is 3.04. The number of ether oxygens (including phenoxy) is 2. The van der Waals surface area contributed by atoms with Gasteiger partial charge in [0.05, 0.1) is 20.5 Å². The quantitative estimate of drug-likeness (QED) is 0.651. The first-order chi connectivity index (χ1) is 10.2. The lowest BCUT2D eigenvalue weighted by molar-refractivity contribution is 0.366. The average molecular weight is 287 g/mol. The van der Waals surface area contributed by atoms with E-state index in [-0.39, 0.29) is 0 Å². The van der Waals surface area contributed by atoms with E-state index >= 15 is 0 Å². The molecule has 0 spiro atoms. The summed E-state index contributed by atoms with van der Waals surface area (Å²) >= 11 is 0. The van der Waals surface area contributed by atoms with Gasteiger partial charge in [-0.15, -0.1) is 0 Å². The van der Waals surface area contributed by atoms with E-state index in [1.807, 2.05) is 0 Å². The van der Waals surface area contributed by atoms with Crippen LogP contribution in [0.15, 0.2) is 18.5 Å². The summed E-state index contributed by atoms with van der Waals surface area (Å²) in [4.78, 5) is 19.5. The summed E-state index contributed by atoms with van der Waals surface area (Å²) < 4.78 is 10.2. The third kappa shape index (κ3) is 2.36. The lowest BCUT2D eigenvalue weighted by Crippen LogP contribution is -2.03. The van der Waals surface area contributed by atoms with E-state index in [1.165, 1.54) is 20.5 Å². The average Bonchev–Trinajstić information content (AvgIpc) is 2.96. The van der Waals surface area contributed by atoms with E-state index < -0.39 is 0 Å². The molecule has 0 bridgehead atoms. The molecule has 0 saturated heterocycles. The minimum absolute atomic E-state index is 0.303. The van der Waals surface area contributed by atoms with E-state index in [2.05, 4.69) is 30.2 Å². The van der Waals surface area contributed by atoms with Crippen LogP contribution in [0.1, 0.15) is 0 Å². The number of H-pyrrole nitrogens is 1. The van der Waals surface area contributed by atoms with Gasteiger partial charge >= 0.3 is 0 Å². The van der Waals surface area contributed by atoms with Crippen LogP contribution in [-0.4, -0.2) is 39.1 Å². The molecule has 0 aliphatic rings. The summed E-state index contributed by atoms with van der Waals surface area (Å²) in [5, 5.41) is 3.00. The maximum absolute atomic E-state index is 5.84. The van der Waals surface area contributed by atoms with E-state index in [1.54, 1.807) is 12.1 Å². The first kappa shape index (κ1) is 12.9. The molecule has 0 fully saturated rings. The Morgan fingerprint density at radius 3 is 2.76 bits per heavy atom. The Morgan fingerprint density at radius 2 is 2.00 bits per heavy atom. The minimum atomic E-state index is 0.303. The van der Waals surface area contributed by atoms with Crippen LogP contribution in [0, 0.1) is 0 Å². The van der Waals surface area contributed by atoms with Gasteiger partial charge in [-0.3, -0.25) is 0 Å². The summed E-state index contributed by atoms with van der Waals surface area (Å²) in [6, 6.07) is 3.44. The second kappa shape index (κ2) is 5.12. The molecule has 108 valence electrons. The van der Waals surface area contributed by atoms with Crippen molar-refractivity contribution in [1.82, 2.24) is 24.9 Å². The molecule has 0 amide bonds. The molecule has 9 heteroatoms. The van der Waals surface area contributed by atoms with Gasteiger partial charge in [-0.2, -0.15) is 15.0 Å². The number of nitrogen functional groups attached to an aromatic ring is 1. The Kier molecular flexibility index (Phi) is 3.14. The number of methoxy groups -OCH3 is 2. The molecule has 3 heterocycles. The third-order valence-corrected chi connectivity index (χ3v) is 2.80. The van der Waals surface area contributed by atoms with Crippen LogP contribution >= 0.6 is 0 Å². The van der Waals surface area contributed by atoms with Crippen molar-refractivity contribution in [2.75, 3.05) is 25.3 Å². The fourth-order valence-corrected chi connectivity index (χ4v) is 1.82. The van der Waals surface area contributed by atoms with Crippen LogP contribution in [0.4, 0.5) is 17.5 Å². The molecule has 0 saturated carbocycles. The van der Waals surface area contributed by atoms with Gasteiger partial charge in [-0.05, 0) is 6.07 Å². The molecule has 3 rings (SSSR count). The number of rotatable bonds is 4. The van der Waals surface area contributed by atoms with Crippen LogP contribution in [0.3, 0.4) is 0 Å². The van der Waals surface area contributed by atoms with Gasteiger partial charge in [0.25, 0.3) is 0 Å². The van der Waals surface area contributed by atoms with Gasteiger partial charge < -0.3 is 25.5 Å². The highest BCUT2D eigenvalue weighted by Gasteiger charge is 2.11. The smallest absolute Gasteiger partial charge is 0.240 e. The monoisotopic (exact) mass is 287 g/mol. The molecular weight excluding hydrogens is 274 g/mol. The molecule has 0 aromatic carbocycles. The predicted octanol–water partition coefficient (Wildman–Crippen LogP) is 1.09. The van der Waals surface area contributed by atoms with Gasteiger partial charge in [-0.25, -0.2) is 4.98 Å². The van der Waals surface area contributed by atoms with Crippen LogP contribution < -0.4 is 20.5 Å². The number of pyridine rings is 1. The van der Waals surface area contributed by atoms with E-state index in [4.69, 9.17) is 15.2 Å². The highest BCUT2D eigenvalue weighted by molar-refractivity contribution is 5.82. The van der Waals surface area contributed by atoms with Gasteiger partial charge in [0.15, 0.2) is 11.5 Å². The number of nitrogens with two attached hydrogens (primary N) is 1. The topological polar surface area (TPSA) is 124 Å². The highest BCUT2D eigenvalue weighted by atomic mass is 16.5. The Balaban J connectivity index is 1.98. The Labute approximate surface area is 119 Å². The Morgan fingerprint density at radius 1 is 1.14 bits per heavy atom. The van der Waals surface area contributed by atoms with Crippen molar-refractivity contribution >= 4 is 28.6 Å². The number of fused-ring (bicyclic) bond motifs is 1. The molecule has 3 aromatic heterocycles. The molecule has 21 heavy (non-hydrogen) atoms. The molecule has 0 atom stereocenters. The minimum Gasteiger partial charge on any atom is -0.481 e. The van der Waals surface area contributed by atoms with Gasteiger partial charge in [-0.1, -0.05) is 0 Å². The third-order valence-electron chi connectivity index (χ3n) is 2.80. The zero-order valence-corrected chi connectivity index (χ0v) is 11.4. The molecule has 0 aliphatic heterocycles. The van der Waals surface area contributed by atoms with Crippen molar-refractivity contribution in [3.05, 3.63) is 18.5 Å². The number of nitrogens with zero attached hydrogens (tertiary/aromatic N) is 4. The van der Waals surface area contributed by atoms with Crippen molar-refractivity contribution < 1.29 is 9.47 Å². The molecule has 3 aromatic rings. The molecule has 0 radical (unpaired) electrons. The zero-order chi connectivity index (χ0) is 14.8. The lowest BCUT2D eigenvalue weighted by atomic mass is 10.4. The van der Waals surface area contributed by atoms with E-state index in [0.29, 0.717) is 40.4 Å². The summed E-state index contributed by atoms with van der Waals surface area (Å²) in [6.45, 7) is 0. The largest absolute Gasteiger partial charge is 0.481 e. The zero-order valence-electron chi connectivity index (χ0n) is 11.4. The van der Waals surface area contributed by atoms with Gasteiger partial charge in [0.2, 0.25) is 17.7 Å². The number of nitrogens with one attached hydrogen (secondary N) is 2. The van der Waals surface area contributed by atoms with Crippen molar-refractivity contribution in [3.63, 3.8) is 0 Å². The number of aromatic nitrogens is 5. The van der Waals surface area contributed by atoms with Crippen molar-refractivity contribution in [2.24, 2.45) is 0 Å². The molecule has 9 nitrogen and oxygen atoms in total. The predicted molar refractivity (Wildman–Crippen MR) is 76.7 cm³/mol. The second-order valence-electron chi connectivity index (χ2n) is 4.07. The molecular formula is C12H13N7O2. The van der Waals surface area contributed by atoms with E-state index in [0.717, 1.165) is 0 Å². The fourth-order valence-electron chi connectivity index (χ4n) is 1.82. The number of imidazole rings is 1. The van der Waals surface area contributed by atoms with Crippen molar-refractivity contribution in [1.29, 1.82) is 0 Å². The molecule has 4 N–H and O–H groups in total. The van der Waals surface area contributed by atoms with E-state index in [9.17, 15) is 0 Å². The summed E-state index contributed by atoms with van der Waals surface area (Å²) in [5.74, 6) is 1.41. The van der Waals surface area contributed by atoms with Crippen LogP contribution in [0.25, 0.3) is 11.2 Å². The first-order valence-corrected chi connectivity index (χ1v) is 6.04. The van der Waals surface area contributed by atoms with Gasteiger partial charge in [0, 0.05) is 6.07 Å². The maximum Gasteiger partial charge on any atom is 0.240 e. The Hall–Kier alpha value is -3.10. The number of hydrogen-bond acceptors (Lipinski definition) is 8. The lowest BCUT2D eigenvalue weighted by Gasteiger charge is -2.10. The molecule has 0 unspecified atom stereocenters. The normalized spacial score (nSPS) is 10.6. The molecule has 0 aliphatic carbocycles. The van der Waals surface area contributed by atoms with Gasteiger partial charge in [0.1, 0.15) is 11.2 Å². The summed E-state index contributed by atoms with van der Waals surface area (Å²) in [6.07, 6.45) is 1.51. The number of aromatic amines is 1. The van der Waals surface area contributed by atoms with Crippen molar-refractivity contribution in [2.45, 2.75) is 0 Å². The number of anilines is 3. The fraction of sp³-hybridized carbons (Fsp3) is 0.167.